The van der Waals surface area contributed by atoms with Crippen molar-refractivity contribution < 1.29 is 13.6 Å². The Morgan fingerprint density at radius 1 is 1.11 bits per heavy atom. The predicted molar refractivity (Wildman–Crippen MR) is 99.3 cm³/mol. The fraction of sp³-hybridized carbons (Fsp3) is 0.600. The van der Waals surface area contributed by atoms with Gasteiger partial charge >= 0.3 is 0 Å². The maximum absolute atomic E-state index is 14.2. The lowest BCUT2D eigenvalue weighted by Gasteiger charge is -2.37. The third kappa shape index (κ3) is 4.56. The second-order valence-corrected chi connectivity index (χ2v) is 7.35. The van der Waals surface area contributed by atoms with Crippen molar-refractivity contribution in [2.45, 2.75) is 26.2 Å². The largest absolute Gasteiger partial charge is 0.367 e. The van der Waals surface area contributed by atoms with Gasteiger partial charge in [0.2, 0.25) is 5.91 Å². The summed E-state index contributed by atoms with van der Waals surface area (Å²) in [6, 6.07) is 3.91. The predicted octanol–water partition coefficient (Wildman–Crippen LogP) is 2.61. The van der Waals surface area contributed by atoms with E-state index in [0.29, 0.717) is 19.5 Å². The minimum absolute atomic E-state index is 0.0163. The molecule has 2 aliphatic rings. The summed E-state index contributed by atoms with van der Waals surface area (Å²) >= 11 is 0. The second kappa shape index (κ2) is 8.66. The fourth-order valence-electron chi connectivity index (χ4n) is 3.98. The second-order valence-electron chi connectivity index (χ2n) is 7.35. The first-order valence-electron chi connectivity index (χ1n) is 9.66. The number of nitrogens with zero attached hydrogens (tertiary/aromatic N) is 4. The maximum atomic E-state index is 14.2. The van der Waals surface area contributed by atoms with E-state index < -0.39 is 11.6 Å². The monoisotopic (exact) mass is 376 g/mol. The number of hydrogen-bond donors (Lipinski definition) is 0. The first-order chi connectivity index (χ1) is 13.0. The van der Waals surface area contributed by atoms with Crippen LogP contribution in [0.25, 0.3) is 0 Å². The van der Waals surface area contributed by atoms with Gasteiger partial charge in [-0.2, -0.15) is 5.26 Å². The van der Waals surface area contributed by atoms with E-state index in [1.165, 1.54) is 0 Å². The molecule has 1 amide bonds. The zero-order valence-corrected chi connectivity index (χ0v) is 15.8. The summed E-state index contributed by atoms with van der Waals surface area (Å²) in [5, 5.41) is 8.81. The minimum atomic E-state index is -0.699. The lowest BCUT2D eigenvalue weighted by molar-refractivity contribution is -0.134. The molecule has 2 saturated heterocycles. The number of piperidine rings is 1. The number of anilines is 1. The van der Waals surface area contributed by atoms with Gasteiger partial charge < -0.3 is 14.7 Å². The highest BCUT2D eigenvalue weighted by Crippen LogP contribution is 2.30. The molecule has 146 valence electrons. The van der Waals surface area contributed by atoms with Crippen LogP contribution in [-0.2, 0) is 4.79 Å². The Bertz CT molecular complexity index is 694. The zero-order valence-electron chi connectivity index (χ0n) is 15.8. The smallest absolute Gasteiger partial charge is 0.222 e. The van der Waals surface area contributed by atoms with Crippen LogP contribution in [0.5, 0.6) is 0 Å². The summed E-state index contributed by atoms with van der Waals surface area (Å²) in [5.41, 5.74) is -0.0770. The number of piperazine rings is 1. The first-order valence-corrected chi connectivity index (χ1v) is 9.66. The van der Waals surface area contributed by atoms with Gasteiger partial charge in [-0.3, -0.25) is 4.79 Å². The molecule has 0 radical (unpaired) electrons. The van der Waals surface area contributed by atoms with Crippen LogP contribution in [0.1, 0.15) is 31.7 Å². The Labute approximate surface area is 159 Å². The van der Waals surface area contributed by atoms with Gasteiger partial charge in [0.1, 0.15) is 5.69 Å². The van der Waals surface area contributed by atoms with Gasteiger partial charge in [0.25, 0.3) is 0 Å². The van der Waals surface area contributed by atoms with Crippen molar-refractivity contribution in [1.29, 1.82) is 5.26 Å². The molecule has 7 heteroatoms. The number of benzene rings is 1. The Morgan fingerprint density at radius 3 is 2.22 bits per heavy atom. The van der Waals surface area contributed by atoms with Crippen molar-refractivity contribution in [3.8, 4) is 6.07 Å². The standard InChI is InChI=1S/C20H26F2N4O/c1-2-24-7-9-25(10-8-24)19(27)13-15-3-5-26(6-4-15)20-17(21)11-16(14-23)12-18(20)22/h11-12,15H,2-10,13H2,1H3. The SMILES string of the molecule is CCN1CCN(C(=O)CC2CCN(c3c(F)cc(C#N)cc3F)CC2)CC1. The van der Waals surface area contributed by atoms with Gasteiger partial charge in [0, 0.05) is 45.7 Å². The van der Waals surface area contributed by atoms with E-state index in [9.17, 15) is 13.6 Å². The molecule has 2 heterocycles. The molecule has 0 unspecified atom stereocenters. The number of rotatable bonds is 4. The Hall–Kier alpha value is -2.20. The quantitative estimate of drug-likeness (QED) is 0.811. The van der Waals surface area contributed by atoms with Gasteiger partial charge in [-0.15, -0.1) is 0 Å². The van der Waals surface area contributed by atoms with Crippen LogP contribution in [0.15, 0.2) is 12.1 Å². The number of likely N-dealkylation sites (N-methyl/N-ethyl adjacent to an activating group) is 1. The Balaban J connectivity index is 1.52. The number of nitriles is 1. The number of carbonyl (C=O) groups excluding carboxylic acids is 1. The van der Waals surface area contributed by atoms with Crippen LogP contribution >= 0.6 is 0 Å². The van der Waals surface area contributed by atoms with Crippen LogP contribution in [0.3, 0.4) is 0 Å². The van der Waals surface area contributed by atoms with Crippen LogP contribution < -0.4 is 4.90 Å². The third-order valence-corrected chi connectivity index (χ3v) is 5.71. The fourth-order valence-corrected chi connectivity index (χ4v) is 3.98. The molecule has 2 fully saturated rings. The topological polar surface area (TPSA) is 50.6 Å². The van der Waals surface area contributed by atoms with Gasteiger partial charge in [-0.1, -0.05) is 6.92 Å². The Morgan fingerprint density at radius 2 is 1.70 bits per heavy atom. The summed E-state index contributed by atoms with van der Waals surface area (Å²) < 4.78 is 28.4. The van der Waals surface area contributed by atoms with Crippen molar-refractivity contribution in [3.05, 3.63) is 29.3 Å². The summed E-state index contributed by atoms with van der Waals surface area (Å²) in [6.45, 7) is 7.60. The highest BCUT2D eigenvalue weighted by molar-refractivity contribution is 5.76. The Kier molecular flexibility index (Phi) is 6.27. The van der Waals surface area contributed by atoms with Gasteiger partial charge in [-0.05, 0) is 37.4 Å². The van der Waals surface area contributed by atoms with Crippen molar-refractivity contribution >= 4 is 11.6 Å². The molecule has 2 aliphatic heterocycles. The highest BCUT2D eigenvalue weighted by atomic mass is 19.1. The average molecular weight is 376 g/mol. The molecule has 0 aromatic heterocycles. The lowest BCUT2D eigenvalue weighted by Crippen LogP contribution is -2.49. The summed E-state index contributed by atoms with van der Waals surface area (Å²) in [5.74, 6) is -0.952. The van der Waals surface area contributed by atoms with E-state index in [4.69, 9.17) is 5.26 Å². The molecule has 0 saturated carbocycles. The van der Waals surface area contributed by atoms with Gasteiger partial charge in [0.05, 0.1) is 11.6 Å². The van der Waals surface area contributed by atoms with Crippen molar-refractivity contribution in [2.75, 3.05) is 50.7 Å². The van der Waals surface area contributed by atoms with E-state index in [0.717, 1.165) is 57.7 Å². The molecule has 1 aromatic rings. The van der Waals surface area contributed by atoms with Crippen molar-refractivity contribution in [1.82, 2.24) is 9.80 Å². The summed E-state index contributed by atoms with van der Waals surface area (Å²) in [7, 11) is 0. The van der Waals surface area contributed by atoms with Gasteiger partial charge in [-0.25, -0.2) is 8.78 Å². The molecule has 0 spiro atoms. The molecule has 3 rings (SSSR count). The summed E-state index contributed by atoms with van der Waals surface area (Å²) in [4.78, 5) is 18.5. The molecule has 0 atom stereocenters. The van der Waals surface area contributed by atoms with E-state index in [1.807, 2.05) is 4.90 Å². The van der Waals surface area contributed by atoms with Crippen LogP contribution in [-0.4, -0.2) is 61.5 Å². The number of carbonyl (C=O) groups is 1. The number of amides is 1. The molecular weight excluding hydrogens is 350 g/mol. The molecule has 0 bridgehead atoms. The third-order valence-electron chi connectivity index (χ3n) is 5.71. The minimum Gasteiger partial charge on any atom is -0.367 e. The van der Waals surface area contributed by atoms with E-state index in [2.05, 4.69) is 11.8 Å². The van der Waals surface area contributed by atoms with Crippen LogP contribution in [0, 0.1) is 28.9 Å². The van der Waals surface area contributed by atoms with E-state index >= 15 is 0 Å². The highest BCUT2D eigenvalue weighted by Gasteiger charge is 2.28. The van der Waals surface area contributed by atoms with Crippen molar-refractivity contribution in [2.24, 2.45) is 5.92 Å². The van der Waals surface area contributed by atoms with Crippen molar-refractivity contribution in [3.63, 3.8) is 0 Å². The lowest BCUT2D eigenvalue weighted by atomic mass is 9.92. The average Bonchev–Trinajstić information content (AvgIpc) is 2.68. The summed E-state index contributed by atoms with van der Waals surface area (Å²) in [6.07, 6.45) is 1.98. The zero-order chi connectivity index (χ0) is 19.4. The van der Waals surface area contributed by atoms with Gasteiger partial charge in [0.15, 0.2) is 11.6 Å². The van der Waals surface area contributed by atoms with Crippen LogP contribution in [0.2, 0.25) is 0 Å². The molecule has 0 N–H and O–H groups in total. The van der Waals surface area contributed by atoms with E-state index in [-0.39, 0.29) is 23.1 Å². The van der Waals surface area contributed by atoms with Crippen LogP contribution in [0.4, 0.5) is 14.5 Å². The molecule has 0 aliphatic carbocycles. The molecular formula is C20H26F2N4O. The maximum Gasteiger partial charge on any atom is 0.222 e. The first kappa shape index (κ1) is 19.6. The number of halogens is 2. The normalized spacial score (nSPS) is 19.2. The molecule has 27 heavy (non-hydrogen) atoms. The molecule has 5 nitrogen and oxygen atoms in total. The molecule has 1 aromatic carbocycles. The van der Waals surface area contributed by atoms with E-state index in [1.54, 1.807) is 11.0 Å². The number of hydrogen-bond acceptors (Lipinski definition) is 4.